The molecule has 31 heavy (non-hydrogen) atoms. The van der Waals surface area contributed by atoms with Crippen LogP contribution in [0.2, 0.25) is 0 Å². The fraction of sp³-hybridized carbons (Fsp3) is 0.964. The molecule has 4 N–H and O–H groups in total. The monoisotopic (exact) mass is 441 g/mol. The molecule has 0 bridgehead atoms. The first-order valence-electron chi connectivity index (χ1n) is 13.7. The van der Waals surface area contributed by atoms with E-state index in [4.69, 9.17) is 0 Å². The third-order valence-electron chi connectivity index (χ3n) is 7.34. The van der Waals surface area contributed by atoms with Crippen LogP contribution in [0.3, 0.4) is 0 Å². The van der Waals surface area contributed by atoms with E-state index in [1.807, 2.05) is 6.92 Å². The summed E-state index contributed by atoms with van der Waals surface area (Å²) < 4.78 is 0. The molecule has 0 aliphatic rings. The number of carboxylic acid groups (broad SMARTS) is 1. The second-order valence-electron chi connectivity index (χ2n) is 10.2. The second-order valence-corrected chi connectivity index (χ2v) is 10.2. The predicted octanol–water partition coefficient (Wildman–Crippen LogP) is 8.99. The van der Waals surface area contributed by atoms with Gasteiger partial charge in [-0.1, -0.05) is 150 Å². The van der Waals surface area contributed by atoms with Gasteiger partial charge < -0.3 is 16.1 Å². The molecule has 0 saturated carbocycles. The average molecular weight is 442 g/mol. The second kappa shape index (κ2) is 22.6. The zero-order valence-electron chi connectivity index (χ0n) is 22.2. The van der Waals surface area contributed by atoms with Crippen molar-refractivity contribution in [2.24, 2.45) is 11.3 Å². The number of hydrogen-bond acceptors (Lipinski definition) is 2. The number of hydrogen-bond donors (Lipinski definition) is 1. The van der Waals surface area contributed by atoms with E-state index >= 15 is 0 Å². The Bertz CT molecular complexity index is 385. The molecule has 2 unspecified atom stereocenters. The maximum atomic E-state index is 11.9. The largest absolute Gasteiger partial charge is 0.550 e. The average Bonchev–Trinajstić information content (AvgIpc) is 2.73. The van der Waals surface area contributed by atoms with Gasteiger partial charge in [-0.2, -0.15) is 0 Å². The Hall–Kier alpha value is -0.570. The standard InChI is InChI=1S/C28H56O2.H3N/c1-5-7-9-11-13-14-15-16-17-18-19-20-22-24-26(3)28(4,27(29)30)25-23-21-12-10-8-6-2;/h26H,5-25H2,1-4H3,(H,29,30);1H3. The Kier molecular flexibility index (Phi) is 23.8. The number of quaternary nitrogens is 1. The van der Waals surface area contributed by atoms with Gasteiger partial charge in [-0.05, 0) is 18.8 Å². The highest BCUT2D eigenvalue weighted by atomic mass is 16.4. The van der Waals surface area contributed by atoms with Gasteiger partial charge in [0, 0.05) is 11.4 Å². The fourth-order valence-corrected chi connectivity index (χ4v) is 4.61. The fourth-order valence-electron chi connectivity index (χ4n) is 4.61. The van der Waals surface area contributed by atoms with Gasteiger partial charge in [-0.25, -0.2) is 0 Å². The number of carbonyl (C=O) groups is 1. The highest BCUT2D eigenvalue weighted by Crippen LogP contribution is 2.36. The molecule has 0 aliphatic carbocycles. The van der Waals surface area contributed by atoms with E-state index in [0.29, 0.717) is 0 Å². The maximum Gasteiger partial charge on any atom is 0.0476 e. The van der Waals surface area contributed by atoms with Gasteiger partial charge >= 0.3 is 0 Å². The van der Waals surface area contributed by atoms with E-state index in [1.165, 1.54) is 103 Å². The van der Waals surface area contributed by atoms with Crippen LogP contribution in [0.5, 0.6) is 0 Å². The Balaban J connectivity index is 0. The lowest BCUT2D eigenvalue weighted by Crippen LogP contribution is -2.44. The van der Waals surface area contributed by atoms with Crippen LogP contribution in [0.1, 0.15) is 163 Å². The van der Waals surface area contributed by atoms with E-state index in [2.05, 4.69) is 20.8 Å². The molecule has 0 fully saturated rings. The van der Waals surface area contributed by atoms with Crippen LogP contribution < -0.4 is 11.3 Å². The van der Waals surface area contributed by atoms with E-state index in [1.54, 1.807) is 0 Å². The van der Waals surface area contributed by atoms with Gasteiger partial charge in [0.25, 0.3) is 0 Å². The van der Waals surface area contributed by atoms with Crippen molar-refractivity contribution in [1.29, 1.82) is 0 Å². The summed E-state index contributed by atoms with van der Waals surface area (Å²) in [6, 6.07) is 0. The molecule has 0 aliphatic heterocycles. The first-order valence-corrected chi connectivity index (χ1v) is 13.7. The Morgan fingerprint density at radius 1 is 0.645 bits per heavy atom. The minimum atomic E-state index is -0.835. The van der Waals surface area contributed by atoms with Crippen molar-refractivity contribution >= 4 is 5.97 Å². The summed E-state index contributed by atoms with van der Waals surface area (Å²) in [6.07, 6.45) is 26.8. The van der Waals surface area contributed by atoms with Crippen molar-refractivity contribution in [3.63, 3.8) is 0 Å². The molecule has 2 atom stereocenters. The topological polar surface area (TPSA) is 76.6 Å². The zero-order valence-corrected chi connectivity index (χ0v) is 22.2. The molecule has 0 saturated heterocycles. The van der Waals surface area contributed by atoms with Crippen LogP contribution in [-0.4, -0.2) is 5.97 Å². The van der Waals surface area contributed by atoms with E-state index in [0.717, 1.165) is 32.1 Å². The SMILES string of the molecule is CCCCCCCCCCCCCCCC(C)C(C)(CCCCCCCC)C(=O)[O-].[NH4+]. The first kappa shape index (κ1) is 32.6. The summed E-state index contributed by atoms with van der Waals surface area (Å²) in [7, 11) is 0. The molecule has 188 valence electrons. The number of unbranched alkanes of at least 4 members (excludes halogenated alkanes) is 17. The molecule has 3 nitrogen and oxygen atoms in total. The molecular formula is C28H59NO2. The molecule has 0 amide bonds. The van der Waals surface area contributed by atoms with Gasteiger partial charge in [-0.3, -0.25) is 0 Å². The van der Waals surface area contributed by atoms with E-state index < -0.39 is 11.4 Å². The smallest absolute Gasteiger partial charge is 0.0476 e. The lowest BCUT2D eigenvalue weighted by Gasteiger charge is -2.37. The minimum absolute atomic E-state index is 0. The summed E-state index contributed by atoms with van der Waals surface area (Å²) in [5.74, 6) is -0.621. The van der Waals surface area contributed by atoms with Crippen LogP contribution in [0.25, 0.3) is 0 Å². The Morgan fingerprint density at radius 3 is 1.32 bits per heavy atom. The van der Waals surface area contributed by atoms with Gasteiger partial charge in [0.15, 0.2) is 0 Å². The highest BCUT2D eigenvalue weighted by molar-refractivity contribution is 5.72. The van der Waals surface area contributed by atoms with Gasteiger partial charge in [-0.15, -0.1) is 0 Å². The molecular weight excluding hydrogens is 382 g/mol. The third-order valence-corrected chi connectivity index (χ3v) is 7.34. The summed E-state index contributed by atoms with van der Waals surface area (Å²) >= 11 is 0. The molecule has 0 aromatic carbocycles. The summed E-state index contributed by atoms with van der Waals surface area (Å²) in [6.45, 7) is 8.57. The van der Waals surface area contributed by atoms with Crippen LogP contribution in [-0.2, 0) is 4.79 Å². The molecule has 0 heterocycles. The lowest BCUT2D eigenvalue weighted by atomic mass is 9.72. The summed E-state index contributed by atoms with van der Waals surface area (Å²) in [5.41, 5.74) is -0.651. The van der Waals surface area contributed by atoms with Crippen LogP contribution in [0.15, 0.2) is 0 Å². The van der Waals surface area contributed by atoms with E-state index in [-0.39, 0.29) is 12.1 Å². The first-order chi connectivity index (χ1) is 14.5. The van der Waals surface area contributed by atoms with Crippen LogP contribution >= 0.6 is 0 Å². The number of rotatable bonds is 23. The van der Waals surface area contributed by atoms with Crippen molar-refractivity contribution in [2.75, 3.05) is 0 Å². The van der Waals surface area contributed by atoms with Gasteiger partial charge in [0.05, 0.1) is 0 Å². The summed E-state index contributed by atoms with van der Waals surface area (Å²) in [4.78, 5) is 11.9. The van der Waals surface area contributed by atoms with Crippen LogP contribution in [0.4, 0.5) is 0 Å². The number of carboxylic acids is 1. The molecule has 0 spiro atoms. The predicted molar refractivity (Wildman–Crippen MR) is 137 cm³/mol. The number of aliphatic carboxylic acids is 1. The van der Waals surface area contributed by atoms with Crippen molar-refractivity contribution in [3.8, 4) is 0 Å². The zero-order chi connectivity index (χ0) is 22.5. The quantitative estimate of drug-likeness (QED) is 0.161. The lowest BCUT2D eigenvalue weighted by molar-refractivity contribution is -0.321. The number of carbonyl (C=O) groups excluding carboxylic acids is 1. The van der Waals surface area contributed by atoms with E-state index in [9.17, 15) is 9.90 Å². The van der Waals surface area contributed by atoms with Crippen molar-refractivity contribution in [3.05, 3.63) is 0 Å². The molecule has 0 aromatic rings. The minimum Gasteiger partial charge on any atom is -0.550 e. The van der Waals surface area contributed by atoms with Gasteiger partial charge in [0.2, 0.25) is 0 Å². The van der Waals surface area contributed by atoms with Crippen LogP contribution in [0, 0.1) is 11.3 Å². The normalized spacial score (nSPS) is 14.1. The highest BCUT2D eigenvalue weighted by Gasteiger charge is 2.31. The molecule has 0 radical (unpaired) electrons. The summed E-state index contributed by atoms with van der Waals surface area (Å²) in [5, 5.41) is 11.9. The molecule has 3 heteroatoms. The third kappa shape index (κ3) is 17.6. The van der Waals surface area contributed by atoms with Gasteiger partial charge in [0.1, 0.15) is 0 Å². The Morgan fingerprint density at radius 2 is 0.968 bits per heavy atom. The maximum absolute atomic E-state index is 11.9. The van der Waals surface area contributed by atoms with Crippen molar-refractivity contribution < 1.29 is 9.90 Å². The molecule has 0 rings (SSSR count). The molecule has 0 aromatic heterocycles. The van der Waals surface area contributed by atoms with Crippen molar-refractivity contribution in [2.45, 2.75) is 163 Å². The van der Waals surface area contributed by atoms with Crippen molar-refractivity contribution in [1.82, 2.24) is 6.15 Å². The Labute approximate surface area is 196 Å².